The second kappa shape index (κ2) is 4.94. The summed E-state index contributed by atoms with van der Waals surface area (Å²) < 4.78 is 11.1. The molecule has 0 aliphatic heterocycles. The van der Waals surface area contributed by atoms with Crippen LogP contribution in [-0.4, -0.2) is 38.0 Å². The van der Waals surface area contributed by atoms with Crippen LogP contribution in [-0.2, 0) is 9.47 Å². The lowest BCUT2D eigenvalue weighted by molar-refractivity contribution is -0.149. The Balaban J connectivity index is 2.29. The van der Waals surface area contributed by atoms with Crippen LogP contribution in [0.5, 0.6) is 0 Å². The highest BCUT2D eigenvalue weighted by Gasteiger charge is 2.41. The van der Waals surface area contributed by atoms with Crippen LogP contribution in [0.25, 0.3) is 0 Å². The molecule has 0 amide bonds. The van der Waals surface area contributed by atoms with Gasteiger partial charge in [0.1, 0.15) is 0 Å². The average Bonchev–Trinajstić information content (AvgIpc) is 2.02. The first-order valence-electron chi connectivity index (χ1n) is 5.10. The van der Waals surface area contributed by atoms with Crippen LogP contribution in [0.15, 0.2) is 0 Å². The highest BCUT2D eigenvalue weighted by molar-refractivity contribution is 4.97. The number of hydrogen-bond acceptors (Lipinski definition) is 3. The van der Waals surface area contributed by atoms with Crippen LogP contribution < -0.4 is 5.32 Å². The molecule has 0 aromatic heterocycles. The van der Waals surface area contributed by atoms with E-state index in [-0.39, 0.29) is 12.2 Å². The quantitative estimate of drug-likeness (QED) is 0.701. The van der Waals surface area contributed by atoms with E-state index in [1.165, 1.54) is 0 Å². The first-order valence-corrected chi connectivity index (χ1v) is 5.10. The summed E-state index contributed by atoms with van der Waals surface area (Å²) >= 11 is 0. The Bertz CT molecular complexity index is 150. The Kier molecular flexibility index (Phi) is 4.16. The summed E-state index contributed by atoms with van der Waals surface area (Å²) in [6.07, 6.45) is 1.89. The van der Waals surface area contributed by atoms with E-state index in [2.05, 4.69) is 26.1 Å². The van der Waals surface area contributed by atoms with Crippen LogP contribution >= 0.6 is 0 Å². The third-order valence-corrected chi connectivity index (χ3v) is 2.43. The molecule has 1 aliphatic carbocycles. The number of nitrogens with one attached hydrogen (secondary N) is 1. The number of ether oxygens (including phenoxy) is 2. The van der Waals surface area contributed by atoms with Crippen molar-refractivity contribution in [3.63, 3.8) is 0 Å². The van der Waals surface area contributed by atoms with E-state index >= 15 is 0 Å². The molecular weight excluding hydrogens is 166 g/mol. The van der Waals surface area contributed by atoms with Crippen LogP contribution in [0.1, 0.15) is 27.2 Å². The molecule has 13 heavy (non-hydrogen) atoms. The van der Waals surface area contributed by atoms with Crippen LogP contribution in [0.3, 0.4) is 0 Å². The third-order valence-electron chi connectivity index (χ3n) is 2.43. The van der Waals surface area contributed by atoms with E-state index in [1.807, 2.05) is 0 Å². The maximum atomic E-state index is 5.70. The SMILES string of the molecule is CCNC1CC(OC(C)C)C1OC. The van der Waals surface area contributed by atoms with Gasteiger partial charge in [-0.05, 0) is 26.8 Å². The zero-order valence-corrected chi connectivity index (χ0v) is 9.04. The molecule has 0 radical (unpaired) electrons. The monoisotopic (exact) mass is 187 g/mol. The van der Waals surface area contributed by atoms with Crippen molar-refractivity contribution in [3.05, 3.63) is 0 Å². The molecule has 3 atom stereocenters. The molecule has 1 saturated carbocycles. The minimum absolute atomic E-state index is 0.238. The zero-order chi connectivity index (χ0) is 9.84. The fourth-order valence-corrected chi connectivity index (χ4v) is 1.84. The maximum absolute atomic E-state index is 5.70. The van der Waals surface area contributed by atoms with E-state index in [0.29, 0.717) is 12.1 Å². The summed E-state index contributed by atoms with van der Waals surface area (Å²) in [4.78, 5) is 0. The molecular formula is C10H21NO2. The lowest BCUT2D eigenvalue weighted by Crippen LogP contribution is -2.60. The van der Waals surface area contributed by atoms with Gasteiger partial charge in [0, 0.05) is 13.2 Å². The summed E-state index contributed by atoms with van der Waals surface area (Å²) in [6, 6.07) is 0.485. The number of likely N-dealkylation sites (N-methyl/N-ethyl adjacent to an activating group) is 1. The Morgan fingerprint density at radius 2 is 2.15 bits per heavy atom. The van der Waals surface area contributed by atoms with E-state index in [4.69, 9.17) is 9.47 Å². The lowest BCUT2D eigenvalue weighted by Gasteiger charge is -2.44. The third kappa shape index (κ3) is 2.66. The summed E-state index contributed by atoms with van der Waals surface area (Å²) in [6.45, 7) is 7.24. The van der Waals surface area contributed by atoms with Gasteiger partial charge in [0.15, 0.2) is 0 Å². The molecule has 0 spiro atoms. The van der Waals surface area contributed by atoms with E-state index in [0.717, 1.165) is 13.0 Å². The second-order valence-electron chi connectivity index (χ2n) is 3.82. The van der Waals surface area contributed by atoms with Crippen molar-refractivity contribution < 1.29 is 9.47 Å². The molecule has 0 heterocycles. The van der Waals surface area contributed by atoms with Crippen molar-refractivity contribution in [2.45, 2.75) is 51.5 Å². The molecule has 3 nitrogen and oxygen atoms in total. The zero-order valence-electron chi connectivity index (χ0n) is 9.04. The molecule has 0 aromatic rings. The molecule has 1 fully saturated rings. The van der Waals surface area contributed by atoms with E-state index < -0.39 is 0 Å². The van der Waals surface area contributed by atoms with Gasteiger partial charge in [0.05, 0.1) is 18.3 Å². The molecule has 0 bridgehead atoms. The Labute approximate surface area is 80.8 Å². The smallest absolute Gasteiger partial charge is 0.0987 e. The van der Waals surface area contributed by atoms with Crippen molar-refractivity contribution in [3.8, 4) is 0 Å². The van der Waals surface area contributed by atoms with Gasteiger partial charge in [-0.1, -0.05) is 6.92 Å². The van der Waals surface area contributed by atoms with Gasteiger partial charge in [0.25, 0.3) is 0 Å². The van der Waals surface area contributed by atoms with Crippen molar-refractivity contribution >= 4 is 0 Å². The number of methoxy groups -OCH3 is 1. The van der Waals surface area contributed by atoms with Gasteiger partial charge in [-0.25, -0.2) is 0 Å². The van der Waals surface area contributed by atoms with Gasteiger partial charge >= 0.3 is 0 Å². The number of hydrogen-bond donors (Lipinski definition) is 1. The van der Waals surface area contributed by atoms with Crippen molar-refractivity contribution in [1.82, 2.24) is 5.32 Å². The Hall–Kier alpha value is -0.120. The maximum Gasteiger partial charge on any atom is 0.0987 e. The Morgan fingerprint density at radius 3 is 2.62 bits per heavy atom. The minimum Gasteiger partial charge on any atom is -0.377 e. The minimum atomic E-state index is 0.238. The highest BCUT2D eigenvalue weighted by Crippen LogP contribution is 2.27. The first kappa shape index (κ1) is 11.0. The lowest BCUT2D eigenvalue weighted by atomic mass is 9.85. The van der Waals surface area contributed by atoms with Crippen molar-refractivity contribution in [1.29, 1.82) is 0 Å². The summed E-state index contributed by atoms with van der Waals surface area (Å²) in [7, 11) is 1.75. The van der Waals surface area contributed by atoms with Gasteiger partial charge in [0.2, 0.25) is 0 Å². The molecule has 1 rings (SSSR count). The molecule has 1 aliphatic rings. The van der Waals surface area contributed by atoms with Gasteiger partial charge < -0.3 is 14.8 Å². The topological polar surface area (TPSA) is 30.5 Å². The van der Waals surface area contributed by atoms with Crippen LogP contribution in [0.4, 0.5) is 0 Å². The molecule has 0 aromatic carbocycles. The van der Waals surface area contributed by atoms with E-state index in [1.54, 1.807) is 7.11 Å². The number of rotatable bonds is 5. The van der Waals surface area contributed by atoms with Crippen LogP contribution in [0, 0.1) is 0 Å². The largest absolute Gasteiger partial charge is 0.377 e. The predicted molar refractivity (Wildman–Crippen MR) is 52.9 cm³/mol. The predicted octanol–water partition coefficient (Wildman–Crippen LogP) is 1.18. The summed E-state index contributed by atoms with van der Waals surface area (Å²) in [5.74, 6) is 0. The Morgan fingerprint density at radius 1 is 1.46 bits per heavy atom. The summed E-state index contributed by atoms with van der Waals surface area (Å²) in [5, 5.41) is 3.38. The molecule has 3 unspecified atom stereocenters. The second-order valence-corrected chi connectivity index (χ2v) is 3.82. The van der Waals surface area contributed by atoms with Gasteiger partial charge in [-0.2, -0.15) is 0 Å². The van der Waals surface area contributed by atoms with E-state index in [9.17, 15) is 0 Å². The fourth-order valence-electron chi connectivity index (χ4n) is 1.84. The van der Waals surface area contributed by atoms with Crippen molar-refractivity contribution in [2.24, 2.45) is 0 Å². The fraction of sp³-hybridized carbons (Fsp3) is 1.00. The normalized spacial score (nSPS) is 33.5. The molecule has 0 saturated heterocycles. The van der Waals surface area contributed by atoms with Crippen molar-refractivity contribution in [2.75, 3.05) is 13.7 Å². The first-order chi connectivity index (χ1) is 6.19. The highest BCUT2D eigenvalue weighted by atomic mass is 16.5. The standard InChI is InChI=1S/C10H21NO2/c1-5-11-8-6-9(10(8)12-4)13-7(2)3/h7-11H,5-6H2,1-4H3. The summed E-state index contributed by atoms with van der Waals surface area (Å²) in [5.41, 5.74) is 0. The van der Waals surface area contributed by atoms with Gasteiger partial charge in [-0.15, -0.1) is 0 Å². The average molecular weight is 187 g/mol. The molecule has 1 N–H and O–H groups in total. The molecule has 3 heteroatoms. The molecule has 78 valence electrons. The van der Waals surface area contributed by atoms with Crippen LogP contribution in [0.2, 0.25) is 0 Å². The van der Waals surface area contributed by atoms with Gasteiger partial charge in [-0.3, -0.25) is 0 Å².